The van der Waals surface area contributed by atoms with Crippen LogP contribution < -0.4 is 0 Å². The second-order valence-electron chi connectivity index (χ2n) is 13.5. The van der Waals surface area contributed by atoms with Crippen LogP contribution in [-0.4, -0.2) is 9.97 Å². The molecule has 0 spiro atoms. The van der Waals surface area contributed by atoms with Crippen LogP contribution in [0, 0.1) is 0 Å². The molecule has 0 saturated heterocycles. The van der Waals surface area contributed by atoms with Gasteiger partial charge in [0.05, 0.1) is 0 Å². The molecular formula is C45H30N2O2. The predicted molar refractivity (Wildman–Crippen MR) is 198 cm³/mol. The highest BCUT2D eigenvalue weighted by Gasteiger charge is 2.35. The molecule has 0 saturated carbocycles. The fourth-order valence-electron chi connectivity index (χ4n) is 7.53. The van der Waals surface area contributed by atoms with Crippen molar-refractivity contribution in [3.05, 3.63) is 157 Å². The van der Waals surface area contributed by atoms with E-state index in [2.05, 4.69) is 105 Å². The maximum Gasteiger partial charge on any atom is 0.227 e. The maximum absolute atomic E-state index is 6.24. The number of fused-ring (bicyclic) bond motifs is 6. The standard InChI is InChI=1S/C45H30N2O2/c1-45(2)37-19-18-31(25-35(37)36-24-29-10-3-4-11-30(29)26-38(36)45)27-12-9-13-28(20-27)32-21-33(43-46-39-14-5-7-16-41(39)48-43)23-34(22-32)44-47-40-15-6-8-17-42(40)49-44/h3-26H,1-2H3. The van der Waals surface area contributed by atoms with Crippen molar-refractivity contribution in [3.63, 3.8) is 0 Å². The maximum atomic E-state index is 6.24. The molecule has 0 atom stereocenters. The summed E-state index contributed by atoms with van der Waals surface area (Å²) in [6.07, 6.45) is 0. The molecule has 0 unspecified atom stereocenters. The Hall–Kier alpha value is -6.26. The van der Waals surface area contributed by atoms with E-state index in [-0.39, 0.29) is 5.41 Å². The molecule has 0 aliphatic heterocycles. The van der Waals surface area contributed by atoms with Gasteiger partial charge in [0.1, 0.15) is 11.0 Å². The molecule has 0 amide bonds. The summed E-state index contributed by atoms with van der Waals surface area (Å²) in [5.74, 6) is 1.12. The molecule has 49 heavy (non-hydrogen) atoms. The van der Waals surface area contributed by atoms with Gasteiger partial charge in [-0.15, -0.1) is 0 Å². The van der Waals surface area contributed by atoms with Crippen molar-refractivity contribution in [2.45, 2.75) is 19.3 Å². The lowest BCUT2D eigenvalue weighted by Gasteiger charge is -2.22. The molecule has 1 aliphatic carbocycles. The van der Waals surface area contributed by atoms with E-state index in [1.807, 2.05) is 54.6 Å². The molecule has 4 heteroatoms. The van der Waals surface area contributed by atoms with E-state index >= 15 is 0 Å². The van der Waals surface area contributed by atoms with Crippen LogP contribution in [0.25, 0.3) is 89.3 Å². The summed E-state index contributed by atoms with van der Waals surface area (Å²) >= 11 is 0. The van der Waals surface area contributed by atoms with Crippen molar-refractivity contribution in [3.8, 4) is 56.3 Å². The second kappa shape index (κ2) is 10.4. The smallest absolute Gasteiger partial charge is 0.227 e. The van der Waals surface area contributed by atoms with Gasteiger partial charge >= 0.3 is 0 Å². The van der Waals surface area contributed by atoms with E-state index in [4.69, 9.17) is 18.8 Å². The highest BCUT2D eigenvalue weighted by Crippen LogP contribution is 2.51. The molecule has 0 fully saturated rings. The summed E-state index contributed by atoms with van der Waals surface area (Å²) in [7, 11) is 0. The Bertz CT molecular complexity index is 2610. The molecule has 1 aliphatic rings. The number of rotatable bonds is 4. The van der Waals surface area contributed by atoms with Gasteiger partial charge in [0, 0.05) is 16.5 Å². The number of aromatic nitrogens is 2. The first kappa shape index (κ1) is 27.8. The van der Waals surface area contributed by atoms with Crippen LogP contribution in [0.15, 0.2) is 154 Å². The average molecular weight is 631 g/mol. The molecular weight excluding hydrogens is 601 g/mol. The van der Waals surface area contributed by atoms with Crippen LogP contribution in [0.1, 0.15) is 25.0 Å². The molecule has 232 valence electrons. The van der Waals surface area contributed by atoms with E-state index in [9.17, 15) is 0 Å². The average Bonchev–Trinajstić information content (AvgIpc) is 3.84. The van der Waals surface area contributed by atoms with Crippen molar-refractivity contribution >= 4 is 33.0 Å². The number of hydrogen-bond donors (Lipinski definition) is 0. The van der Waals surface area contributed by atoms with Gasteiger partial charge in [-0.25, -0.2) is 9.97 Å². The van der Waals surface area contributed by atoms with Crippen LogP contribution in [0.4, 0.5) is 0 Å². The zero-order valence-corrected chi connectivity index (χ0v) is 27.1. The van der Waals surface area contributed by atoms with E-state index in [1.54, 1.807) is 0 Å². The Morgan fingerprint density at radius 3 is 1.57 bits per heavy atom. The molecule has 7 aromatic carbocycles. The summed E-state index contributed by atoms with van der Waals surface area (Å²) in [6.45, 7) is 4.68. The minimum Gasteiger partial charge on any atom is -0.436 e. The van der Waals surface area contributed by atoms with Crippen LogP contribution >= 0.6 is 0 Å². The minimum atomic E-state index is -0.0682. The third-order valence-corrected chi connectivity index (χ3v) is 10.1. The lowest BCUT2D eigenvalue weighted by Crippen LogP contribution is -2.14. The van der Waals surface area contributed by atoms with Gasteiger partial charge in [0.2, 0.25) is 11.8 Å². The zero-order valence-electron chi connectivity index (χ0n) is 27.1. The third-order valence-electron chi connectivity index (χ3n) is 10.1. The molecule has 10 rings (SSSR count). The number of para-hydroxylation sites is 4. The van der Waals surface area contributed by atoms with Crippen molar-refractivity contribution in [2.75, 3.05) is 0 Å². The summed E-state index contributed by atoms with van der Waals surface area (Å²) in [6, 6.07) is 51.1. The first-order valence-corrected chi connectivity index (χ1v) is 16.6. The first-order valence-electron chi connectivity index (χ1n) is 16.6. The van der Waals surface area contributed by atoms with Crippen molar-refractivity contribution < 1.29 is 8.83 Å². The minimum absolute atomic E-state index is 0.0682. The Kier molecular flexibility index (Phi) is 5.89. The summed E-state index contributed by atoms with van der Waals surface area (Å²) in [5.41, 5.74) is 14.6. The molecule has 2 heterocycles. The topological polar surface area (TPSA) is 52.1 Å². The quantitative estimate of drug-likeness (QED) is 0.194. The second-order valence-corrected chi connectivity index (χ2v) is 13.5. The van der Waals surface area contributed by atoms with Crippen molar-refractivity contribution in [2.24, 2.45) is 0 Å². The van der Waals surface area contributed by atoms with E-state index in [1.165, 1.54) is 38.6 Å². The largest absolute Gasteiger partial charge is 0.436 e. The van der Waals surface area contributed by atoms with Gasteiger partial charge in [-0.05, 0) is 122 Å². The van der Waals surface area contributed by atoms with Crippen LogP contribution in [0.2, 0.25) is 0 Å². The Morgan fingerprint density at radius 2 is 0.918 bits per heavy atom. The Labute approximate surface area is 283 Å². The summed E-state index contributed by atoms with van der Waals surface area (Å²) < 4.78 is 12.5. The molecule has 2 aromatic heterocycles. The highest BCUT2D eigenvalue weighted by molar-refractivity contribution is 5.95. The molecule has 0 radical (unpaired) electrons. The number of nitrogens with zero attached hydrogens (tertiary/aromatic N) is 2. The monoisotopic (exact) mass is 630 g/mol. The first-order chi connectivity index (χ1) is 24.0. The number of oxazole rings is 2. The van der Waals surface area contributed by atoms with E-state index in [0.717, 1.165) is 50.0 Å². The van der Waals surface area contributed by atoms with Crippen LogP contribution in [-0.2, 0) is 5.41 Å². The summed E-state index contributed by atoms with van der Waals surface area (Å²) in [5, 5.41) is 2.55. The summed E-state index contributed by atoms with van der Waals surface area (Å²) in [4.78, 5) is 9.65. The molecule has 9 aromatic rings. The fraction of sp³-hybridized carbons (Fsp3) is 0.0667. The zero-order chi connectivity index (χ0) is 32.7. The third kappa shape index (κ3) is 4.45. The fourth-order valence-corrected chi connectivity index (χ4v) is 7.53. The normalized spacial score (nSPS) is 13.3. The molecule has 4 nitrogen and oxygen atoms in total. The lowest BCUT2D eigenvalue weighted by atomic mass is 9.81. The van der Waals surface area contributed by atoms with E-state index in [0.29, 0.717) is 11.8 Å². The van der Waals surface area contributed by atoms with Crippen LogP contribution in [0.5, 0.6) is 0 Å². The van der Waals surface area contributed by atoms with Crippen molar-refractivity contribution in [1.82, 2.24) is 9.97 Å². The molecule has 0 bridgehead atoms. The van der Waals surface area contributed by atoms with Gasteiger partial charge in [0.15, 0.2) is 11.2 Å². The Balaban J connectivity index is 1.11. The van der Waals surface area contributed by atoms with Crippen molar-refractivity contribution in [1.29, 1.82) is 0 Å². The lowest BCUT2D eigenvalue weighted by molar-refractivity contribution is 0.617. The van der Waals surface area contributed by atoms with Gasteiger partial charge in [-0.3, -0.25) is 0 Å². The van der Waals surface area contributed by atoms with Gasteiger partial charge < -0.3 is 8.83 Å². The SMILES string of the molecule is CC1(C)c2ccc(-c3cccc(-c4cc(-c5nc6ccccc6o5)cc(-c5nc6ccccc6o5)c4)c3)cc2-c2cc3ccccc3cc21. The van der Waals surface area contributed by atoms with Gasteiger partial charge in [-0.2, -0.15) is 0 Å². The molecule has 0 N–H and O–H groups in total. The predicted octanol–water partition coefficient (Wildman–Crippen LogP) is 12.1. The van der Waals surface area contributed by atoms with E-state index < -0.39 is 0 Å². The number of benzene rings is 7. The van der Waals surface area contributed by atoms with Gasteiger partial charge in [-0.1, -0.05) is 92.7 Å². The number of hydrogen-bond acceptors (Lipinski definition) is 4. The van der Waals surface area contributed by atoms with Crippen LogP contribution in [0.3, 0.4) is 0 Å². The van der Waals surface area contributed by atoms with Gasteiger partial charge in [0.25, 0.3) is 0 Å². The Morgan fingerprint density at radius 1 is 0.408 bits per heavy atom. The highest BCUT2D eigenvalue weighted by atomic mass is 16.4.